The third kappa shape index (κ3) is 4.42. The molecule has 4 nitrogen and oxygen atoms in total. The first-order chi connectivity index (χ1) is 11.7. The van der Waals surface area contributed by atoms with Crippen LogP contribution in [0, 0.1) is 6.92 Å². The number of rotatable bonds is 6. The lowest BCUT2D eigenvalue weighted by Crippen LogP contribution is -2.30. The number of hydrogen-bond donors (Lipinski definition) is 0. The second-order valence-corrected chi connectivity index (χ2v) is 6.37. The summed E-state index contributed by atoms with van der Waals surface area (Å²) >= 11 is 0. The minimum absolute atomic E-state index is 0.0570. The van der Waals surface area contributed by atoms with Crippen LogP contribution in [0.1, 0.15) is 34.3 Å². The molecule has 1 aromatic heterocycles. The van der Waals surface area contributed by atoms with E-state index in [-0.39, 0.29) is 12.0 Å². The zero-order valence-electron chi connectivity index (χ0n) is 14.1. The lowest BCUT2D eigenvalue weighted by molar-refractivity contribution is 0.0524. The maximum atomic E-state index is 12.5. The van der Waals surface area contributed by atoms with Gasteiger partial charge in [0.15, 0.2) is 0 Å². The zero-order chi connectivity index (χ0) is 16.8. The number of hydrogen-bond acceptors (Lipinski definition) is 3. The van der Waals surface area contributed by atoms with Gasteiger partial charge in [0.05, 0.1) is 11.7 Å². The molecular formula is C20H24N2O2. The Labute approximate surface area is 143 Å². The maximum Gasteiger partial charge on any atom is 0.255 e. The summed E-state index contributed by atoms with van der Waals surface area (Å²) in [5.74, 6) is 0.0570. The highest BCUT2D eigenvalue weighted by atomic mass is 16.5. The molecule has 0 radical (unpaired) electrons. The lowest BCUT2D eigenvalue weighted by atomic mass is 10.1. The van der Waals surface area contributed by atoms with Crippen LogP contribution in [0.3, 0.4) is 0 Å². The largest absolute Gasteiger partial charge is 0.376 e. The highest BCUT2D eigenvalue weighted by molar-refractivity contribution is 5.94. The first kappa shape index (κ1) is 16.7. The van der Waals surface area contributed by atoms with Crippen LogP contribution in [0.2, 0.25) is 0 Å². The van der Waals surface area contributed by atoms with Crippen molar-refractivity contribution in [3.05, 3.63) is 65.5 Å². The van der Waals surface area contributed by atoms with Crippen LogP contribution in [0.15, 0.2) is 48.8 Å². The quantitative estimate of drug-likeness (QED) is 0.766. The molecule has 3 rings (SSSR count). The molecule has 0 N–H and O–H groups in total. The number of benzene rings is 1. The average molecular weight is 324 g/mol. The Balaban J connectivity index is 1.41. The van der Waals surface area contributed by atoms with Gasteiger partial charge in [-0.3, -0.25) is 9.78 Å². The van der Waals surface area contributed by atoms with E-state index in [2.05, 4.69) is 29.2 Å². The Morgan fingerprint density at radius 3 is 2.92 bits per heavy atom. The van der Waals surface area contributed by atoms with E-state index in [0.717, 1.165) is 38.0 Å². The summed E-state index contributed by atoms with van der Waals surface area (Å²) in [5, 5.41) is 0. The van der Waals surface area contributed by atoms with E-state index in [1.54, 1.807) is 12.4 Å². The normalized spacial score (nSPS) is 17.2. The molecule has 0 bridgehead atoms. The minimum atomic E-state index is 0.0570. The van der Waals surface area contributed by atoms with Crippen LogP contribution in [0.5, 0.6) is 0 Å². The van der Waals surface area contributed by atoms with Gasteiger partial charge in [-0.2, -0.15) is 0 Å². The summed E-state index contributed by atoms with van der Waals surface area (Å²) in [7, 11) is 0. The Bertz CT molecular complexity index is 672. The van der Waals surface area contributed by atoms with Crippen LogP contribution in [-0.2, 0) is 11.2 Å². The molecule has 2 aromatic rings. The van der Waals surface area contributed by atoms with E-state index in [9.17, 15) is 4.79 Å². The molecule has 126 valence electrons. The van der Waals surface area contributed by atoms with Crippen LogP contribution in [-0.4, -0.2) is 41.6 Å². The molecular weight excluding hydrogens is 300 g/mol. The molecule has 2 heterocycles. The number of ether oxygens (including phenoxy) is 1. The van der Waals surface area contributed by atoms with Crippen molar-refractivity contribution in [2.45, 2.75) is 32.3 Å². The van der Waals surface area contributed by atoms with Gasteiger partial charge in [0.2, 0.25) is 0 Å². The molecule has 0 spiro atoms. The molecule has 1 aromatic carbocycles. The van der Waals surface area contributed by atoms with Crippen LogP contribution < -0.4 is 0 Å². The van der Waals surface area contributed by atoms with Crippen molar-refractivity contribution < 1.29 is 9.53 Å². The van der Waals surface area contributed by atoms with E-state index in [1.807, 2.05) is 24.0 Å². The Morgan fingerprint density at radius 2 is 2.12 bits per heavy atom. The summed E-state index contributed by atoms with van der Waals surface area (Å²) in [6.45, 7) is 4.13. The van der Waals surface area contributed by atoms with E-state index < -0.39 is 0 Å². The predicted molar refractivity (Wildman–Crippen MR) is 94.0 cm³/mol. The van der Waals surface area contributed by atoms with E-state index in [1.165, 1.54) is 5.56 Å². The zero-order valence-corrected chi connectivity index (χ0v) is 14.1. The van der Waals surface area contributed by atoms with Crippen LogP contribution in [0.4, 0.5) is 0 Å². The van der Waals surface area contributed by atoms with Gasteiger partial charge >= 0.3 is 0 Å². The number of pyridine rings is 1. The van der Waals surface area contributed by atoms with Crippen molar-refractivity contribution in [2.24, 2.45) is 0 Å². The van der Waals surface area contributed by atoms with E-state index >= 15 is 0 Å². The Hall–Kier alpha value is -2.20. The summed E-state index contributed by atoms with van der Waals surface area (Å²) < 4.78 is 5.96. The highest BCUT2D eigenvalue weighted by Crippen LogP contribution is 2.17. The molecule has 1 atom stereocenters. The van der Waals surface area contributed by atoms with Gasteiger partial charge in [0, 0.05) is 32.1 Å². The molecule has 0 aliphatic carbocycles. The predicted octanol–water partition coefficient (Wildman–Crippen LogP) is 3.25. The summed E-state index contributed by atoms with van der Waals surface area (Å²) in [4.78, 5) is 18.5. The van der Waals surface area contributed by atoms with Crippen molar-refractivity contribution in [2.75, 3.05) is 19.7 Å². The number of aromatic nitrogens is 1. The van der Waals surface area contributed by atoms with Gasteiger partial charge in [0.1, 0.15) is 0 Å². The molecule has 0 unspecified atom stereocenters. The standard InChI is InChI=1S/C20H24N2O2/c1-16-12-18(14-21-13-16)20(23)22-10-9-19(15-22)24-11-5-8-17-6-3-2-4-7-17/h2-4,6-7,12-14,19H,5,8-11,15H2,1H3/t19-/m0/s1. The van der Waals surface area contributed by atoms with Gasteiger partial charge in [-0.1, -0.05) is 30.3 Å². The number of carbonyl (C=O) groups is 1. The van der Waals surface area contributed by atoms with Gasteiger partial charge in [0.25, 0.3) is 5.91 Å². The van der Waals surface area contributed by atoms with Crippen molar-refractivity contribution in [1.29, 1.82) is 0 Å². The SMILES string of the molecule is Cc1cncc(C(=O)N2CC[C@H](OCCCc3ccccc3)C2)c1. The molecule has 1 aliphatic heterocycles. The third-order valence-corrected chi connectivity index (χ3v) is 4.36. The number of likely N-dealkylation sites (tertiary alicyclic amines) is 1. The maximum absolute atomic E-state index is 12.5. The fourth-order valence-electron chi connectivity index (χ4n) is 3.07. The fraction of sp³-hybridized carbons (Fsp3) is 0.400. The molecule has 1 aliphatic rings. The number of amides is 1. The first-order valence-corrected chi connectivity index (χ1v) is 8.59. The van der Waals surface area contributed by atoms with Crippen molar-refractivity contribution in [1.82, 2.24) is 9.88 Å². The highest BCUT2D eigenvalue weighted by Gasteiger charge is 2.27. The molecule has 24 heavy (non-hydrogen) atoms. The molecule has 1 saturated heterocycles. The second kappa shape index (κ2) is 8.06. The summed E-state index contributed by atoms with van der Waals surface area (Å²) in [5.41, 5.74) is 3.02. The monoisotopic (exact) mass is 324 g/mol. The fourth-order valence-corrected chi connectivity index (χ4v) is 3.07. The number of nitrogens with zero attached hydrogens (tertiary/aromatic N) is 2. The number of carbonyl (C=O) groups excluding carboxylic acids is 1. The molecule has 1 amide bonds. The summed E-state index contributed by atoms with van der Waals surface area (Å²) in [6.07, 6.45) is 6.52. The van der Waals surface area contributed by atoms with E-state index in [4.69, 9.17) is 4.74 Å². The van der Waals surface area contributed by atoms with Crippen molar-refractivity contribution >= 4 is 5.91 Å². The lowest BCUT2D eigenvalue weighted by Gasteiger charge is -2.17. The minimum Gasteiger partial charge on any atom is -0.376 e. The number of aryl methyl sites for hydroxylation is 2. The molecule has 4 heteroatoms. The smallest absolute Gasteiger partial charge is 0.255 e. The van der Waals surface area contributed by atoms with Gasteiger partial charge in [-0.15, -0.1) is 0 Å². The van der Waals surface area contributed by atoms with Crippen molar-refractivity contribution in [3.63, 3.8) is 0 Å². The van der Waals surface area contributed by atoms with Gasteiger partial charge < -0.3 is 9.64 Å². The van der Waals surface area contributed by atoms with Crippen molar-refractivity contribution in [3.8, 4) is 0 Å². The molecule has 1 fully saturated rings. The van der Waals surface area contributed by atoms with Crippen LogP contribution >= 0.6 is 0 Å². The van der Waals surface area contributed by atoms with Crippen LogP contribution in [0.25, 0.3) is 0 Å². The first-order valence-electron chi connectivity index (χ1n) is 8.59. The molecule has 0 saturated carbocycles. The van der Waals surface area contributed by atoms with Gasteiger partial charge in [-0.25, -0.2) is 0 Å². The topological polar surface area (TPSA) is 42.4 Å². The summed E-state index contributed by atoms with van der Waals surface area (Å²) in [6, 6.07) is 12.3. The third-order valence-electron chi connectivity index (χ3n) is 4.36. The second-order valence-electron chi connectivity index (χ2n) is 6.37. The van der Waals surface area contributed by atoms with E-state index in [0.29, 0.717) is 12.1 Å². The average Bonchev–Trinajstić information content (AvgIpc) is 3.08. The Kier molecular flexibility index (Phi) is 5.59. The van der Waals surface area contributed by atoms with Gasteiger partial charge in [-0.05, 0) is 43.4 Å². The Morgan fingerprint density at radius 1 is 1.29 bits per heavy atom.